The van der Waals surface area contributed by atoms with Gasteiger partial charge in [0.1, 0.15) is 5.60 Å². The Balaban J connectivity index is 1.95. The summed E-state index contributed by atoms with van der Waals surface area (Å²) in [6, 6.07) is 14.8. The first-order valence-corrected chi connectivity index (χ1v) is 7.28. The van der Waals surface area contributed by atoms with Crippen LogP contribution in [0.1, 0.15) is 23.6 Å². The van der Waals surface area contributed by atoms with Gasteiger partial charge in [-0.25, -0.2) is 4.79 Å². The Hall–Kier alpha value is -2.33. The molecule has 116 valence electrons. The molecule has 0 spiro atoms. The Morgan fingerprint density at radius 1 is 1.09 bits per heavy atom. The lowest BCUT2D eigenvalue weighted by molar-refractivity contribution is 0.0599. The predicted octanol–water partition coefficient (Wildman–Crippen LogP) is 3.33. The summed E-state index contributed by atoms with van der Waals surface area (Å²) in [4.78, 5) is 12.0. The lowest BCUT2D eigenvalue weighted by Gasteiger charge is -2.24. The van der Waals surface area contributed by atoms with E-state index in [-0.39, 0.29) is 12.6 Å². The largest absolute Gasteiger partial charge is 0.384 e. The molecule has 22 heavy (non-hydrogen) atoms. The molecule has 0 fully saturated rings. The van der Waals surface area contributed by atoms with Crippen LogP contribution in [0.5, 0.6) is 0 Å². The molecule has 0 saturated carbocycles. The summed E-state index contributed by atoms with van der Waals surface area (Å²) < 4.78 is 0. The fraction of sp³-hybridized carbons (Fsp3) is 0.278. The van der Waals surface area contributed by atoms with Crippen LogP contribution in [0.3, 0.4) is 0 Å². The Morgan fingerprint density at radius 2 is 1.68 bits per heavy atom. The highest BCUT2D eigenvalue weighted by atomic mass is 16.3. The van der Waals surface area contributed by atoms with E-state index in [1.165, 1.54) is 0 Å². The maximum absolute atomic E-state index is 12.0. The molecule has 0 radical (unpaired) electrons. The smallest absolute Gasteiger partial charge is 0.319 e. The van der Waals surface area contributed by atoms with Gasteiger partial charge >= 0.3 is 6.03 Å². The number of aliphatic hydroxyl groups is 1. The van der Waals surface area contributed by atoms with Gasteiger partial charge in [-0.05, 0) is 49.6 Å². The van der Waals surface area contributed by atoms with Crippen molar-refractivity contribution in [1.29, 1.82) is 0 Å². The van der Waals surface area contributed by atoms with Crippen LogP contribution in [0.4, 0.5) is 10.5 Å². The second kappa shape index (κ2) is 6.62. The van der Waals surface area contributed by atoms with Crippen LogP contribution >= 0.6 is 0 Å². The van der Waals surface area contributed by atoms with Crippen molar-refractivity contribution in [2.24, 2.45) is 0 Å². The van der Waals surface area contributed by atoms with Gasteiger partial charge in [-0.3, -0.25) is 0 Å². The van der Waals surface area contributed by atoms with Crippen molar-refractivity contribution < 1.29 is 9.90 Å². The quantitative estimate of drug-likeness (QED) is 0.810. The molecule has 0 aliphatic carbocycles. The van der Waals surface area contributed by atoms with Gasteiger partial charge in [0.25, 0.3) is 0 Å². The fourth-order valence-corrected chi connectivity index (χ4v) is 2.37. The van der Waals surface area contributed by atoms with Crippen molar-refractivity contribution in [2.75, 3.05) is 11.9 Å². The molecule has 4 heteroatoms. The number of hydrogen-bond donors (Lipinski definition) is 3. The van der Waals surface area contributed by atoms with Crippen molar-refractivity contribution in [2.45, 2.75) is 26.4 Å². The van der Waals surface area contributed by atoms with Gasteiger partial charge < -0.3 is 15.7 Å². The molecule has 1 unspecified atom stereocenters. The van der Waals surface area contributed by atoms with Crippen LogP contribution < -0.4 is 10.6 Å². The van der Waals surface area contributed by atoms with E-state index in [1.807, 2.05) is 62.4 Å². The zero-order chi connectivity index (χ0) is 16.2. The van der Waals surface area contributed by atoms with E-state index in [0.29, 0.717) is 0 Å². The fourth-order valence-electron chi connectivity index (χ4n) is 2.37. The number of amides is 2. The van der Waals surface area contributed by atoms with Gasteiger partial charge in [-0.15, -0.1) is 0 Å². The maximum atomic E-state index is 12.0. The highest BCUT2D eigenvalue weighted by Gasteiger charge is 2.23. The summed E-state index contributed by atoms with van der Waals surface area (Å²) >= 11 is 0. The molecule has 0 bridgehead atoms. The first-order valence-electron chi connectivity index (χ1n) is 7.28. The first kappa shape index (κ1) is 16.0. The van der Waals surface area contributed by atoms with Crippen LogP contribution in [0, 0.1) is 13.8 Å². The molecule has 2 aromatic rings. The van der Waals surface area contributed by atoms with E-state index in [4.69, 9.17) is 0 Å². The van der Waals surface area contributed by atoms with Crippen LogP contribution in [0.25, 0.3) is 0 Å². The predicted molar refractivity (Wildman–Crippen MR) is 89.0 cm³/mol. The SMILES string of the molecule is Cc1cc(C)cc(NC(=O)NCC(C)(O)c2ccccc2)c1. The van der Waals surface area contributed by atoms with E-state index >= 15 is 0 Å². The molecule has 3 N–H and O–H groups in total. The molecule has 0 aliphatic heterocycles. The van der Waals surface area contributed by atoms with Gasteiger partial charge in [0, 0.05) is 5.69 Å². The highest BCUT2D eigenvalue weighted by Crippen LogP contribution is 2.19. The minimum atomic E-state index is -1.11. The summed E-state index contributed by atoms with van der Waals surface area (Å²) in [5.74, 6) is 0. The van der Waals surface area contributed by atoms with Crippen LogP contribution in [0.15, 0.2) is 48.5 Å². The topological polar surface area (TPSA) is 61.4 Å². The summed E-state index contributed by atoms with van der Waals surface area (Å²) in [6.45, 7) is 5.78. The number of benzene rings is 2. The molecule has 0 aromatic heterocycles. The number of urea groups is 1. The Morgan fingerprint density at radius 3 is 2.27 bits per heavy atom. The average Bonchev–Trinajstić information content (AvgIpc) is 2.45. The Bertz CT molecular complexity index is 631. The molecule has 0 heterocycles. The number of rotatable bonds is 4. The van der Waals surface area contributed by atoms with Gasteiger partial charge in [-0.2, -0.15) is 0 Å². The second-order valence-corrected chi connectivity index (χ2v) is 5.82. The monoisotopic (exact) mass is 298 g/mol. The molecule has 2 rings (SSSR count). The molecule has 0 aliphatic rings. The standard InChI is InChI=1S/C18H22N2O2/c1-13-9-14(2)11-16(10-13)20-17(21)19-12-18(3,22)15-7-5-4-6-8-15/h4-11,22H,12H2,1-3H3,(H2,19,20,21). The minimum absolute atomic E-state index is 0.133. The van der Waals surface area contributed by atoms with Crippen LogP contribution in [-0.4, -0.2) is 17.7 Å². The lowest BCUT2D eigenvalue weighted by atomic mass is 9.96. The van der Waals surface area contributed by atoms with Gasteiger partial charge in [0.2, 0.25) is 0 Å². The van der Waals surface area contributed by atoms with Crippen LogP contribution in [0.2, 0.25) is 0 Å². The van der Waals surface area contributed by atoms with Gasteiger partial charge in [0.05, 0.1) is 6.54 Å². The number of anilines is 1. The molecular formula is C18H22N2O2. The summed E-state index contributed by atoms with van der Waals surface area (Å²) in [6.07, 6.45) is 0. The third kappa shape index (κ3) is 4.33. The first-order chi connectivity index (χ1) is 10.4. The number of carbonyl (C=O) groups is 1. The second-order valence-electron chi connectivity index (χ2n) is 5.82. The lowest BCUT2D eigenvalue weighted by Crippen LogP contribution is -2.40. The van der Waals surface area contributed by atoms with Crippen LogP contribution in [-0.2, 0) is 5.60 Å². The van der Waals surface area contributed by atoms with E-state index in [1.54, 1.807) is 6.92 Å². The molecule has 2 aromatic carbocycles. The van der Waals surface area contributed by atoms with Gasteiger partial charge in [0.15, 0.2) is 0 Å². The zero-order valence-electron chi connectivity index (χ0n) is 13.2. The van der Waals surface area contributed by atoms with E-state index in [2.05, 4.69) is 10.6 Å². The van der Waals surface area contributed by atoms with Gasteiger partial charge in [-0.1, -0.05) is 36.4 Å². The molecule has 2 amide bonds. The van der Waals surface area contributed by atoms with Crippen molar-refractivity contribution in [1.82, 2.24) is 5.32 Å². The maximum Gasteiger partial charge on any atom is 0.319 e. The Labute approximate surface area is 131 Å². The Kier molecular flexibility index (Phi) is 4.83. The minimum Gasteiger partial charge on any atom is -0.384 e. The van der Waals surface area contributed by atoms with Crippen molar-refractivity contribution in [3.05, 3.63) is 65.2 Å². The number of carbonyl (C=O) groups excluding carboxylic acids is 1. The third-order valence-electron chi connectivity index (χ3n) is 3.47. The summed E-state index contributed by atoms with van der Waals surface area (Å²) in [5, 5.41) is 15.9. The van der Waals surface area contributed by atoms with E-state index < -0.39 is 5.60 Å². The number of aryl methyl sites for hydroxylation is 2. The van der Waals surface area contributed by atoms with E-state index in [9.17, 15) is 9.90 Å². The van der Waals surface area contributed by atoms with Crippen molar-refractivity contribution in [3.63, 3.8) is 0 Å². The van der Waals surface area contributed by atoms with E-state index in [0.717, 1.165) is 22.4 Å². The number of hydrogen-bond acceptors (Lipinski definition) is 2. The third-order valence-corrected chi connectivity index (χ3v) is 3.47. The molecule has 0 saturated heterocycles. The normalized spacial score (nSPS) is 13.3. The molecule has 4 nitrogen and oxygen atoms in total. The molecule has 1 atom stereocenters. The average molecular weight is 298 g/mol. The van der Waals surface area contributed by atoms with Crippen molar-refractivity contribution >= 4 is 11.7 Å². The summed E-state index contributed by atoms with van der Waals surface area (Å²) in [5.41, 5.74) is 2.58. The molecular weight excluding hydrogens is 276 g/mol. The zero-order valence-corrected chi connectivity index (χ0v) is 13.2. The number of nitrogens with one attached hydrogen (secondary N) is 2. The van der Waals surface area contributed by atoms with Crippen molar-refractivity contribution in [3.8, 4) is 0 Å². The highest BCUT2D eigenvalue weighted by molar-refractivity contribution is 5.89. The summed E-state index contributed by atoms with van der Waals surface area (Å²) in [7, 11) is 0.